The van der Waals surface area contributed by atoms with Crippen LogP contribution in [0.1, 0.15) is 10.5 Å². The Morgan fingerprint density at radius 2 is 2.22 bits per heavy atom. The van der Waals surface area contributed by atoms with E-state index in [0.29, 0.717) is 4.47 Å². The topological polar surface area (TPSA) is 105 Å². The van der Waals surface area contributed by atoms with E-state index in [1.165, 1.54) is 29.9 Å². The number of benzene rings is 1. The number of fused-ring (bicyclic) bond motifs is 1. The molecule has 1 aromatic heterocycles. The third-order valence-corrected chi connectivity index (χ3v) is 2.96. The maximum absolute atomic E-state index is 11.4. The highest BCUT2D eigenvalue weighted by Crippen LogP contribution is 2.32. The molecule has 0 aliphatic heterocycles. The van der Waals surface area contributed by atoms with Crippen LogP contribution in [0.5, 0.6) is 0 Å². The first kappa shape index (κ1) is 12.4. The van der Waals surface area contributed by atoms with Gasteiger partial charge in [-0.1, -0.05) is 12.1 Å². The van der Waals surface area contributed by atoms with Crippen molar-refractivity contribution in [3.63, 3.8) is 0 Å². The predicted octanol–water partition coefficient (Wildman–Crippen LogP) is 2.02. The molecule has 0 atom stereocenters. The van der Waals surface area contributed by atoms with Crippen LogP contribution in [0.4, 0.5) is 5.69 Å². The molecule has 0 bridgehead atoms. The summed E-state index contributed by atoms with van der Waals surface area (Å²) in [6.45, 7) is 0. The summed E-state index contributed by atoms with van der Waals surface area (Å²) in [7, 11) is 0. The molecule has 7 nitrogen and oxygen atoms in total. The molecule has 0 aliphatic rings. The van der Waals surface area contributed by atoms with Gasteiger partial charge in [-0.3, -0.25) is 20.1 Å². The van der Waals surface area contributed by atoms with E-state index in [9.17, 15) is 14.9 Å². The van der Waals surface area contributed by atoms with Crippen molar-refractivity contribution in [3.05, 3.63) is 44.7 Å². The Hall–Kier alpha value is -2.06. The molecule has 2 N–H and O–H groups in total. The van der Waals surface area contributed by atoms with Crippen molar-refractivity contribution >= 4 is 38.3 Å². The quantitative estimate of drug-likeness (QED) is 0.501. The minimum Gasteiger partial charge on any atom is -0.288 e. The Balaban J connectivity index is 2.88. The van der Waals surface area contributed by atoms with Gasteiger partial charge in [0.2, 0.25) is 0 Å². The summed E-state index contributed by atoms with van der Waals surface area (Å²) in [5, 5.41) is 20.1. The number of nitro benzene ring substituents is 1. The first-order chi connectivity index (χ1) is 8.56. The van der Waals surface area contributed by atoms with E-state index in [4.69, 9.17) is 5.21 Å². The van der Waals surface area contributed by atoms with Gasteiger partial charge in [-0.05, 0) is 15.9 Å². The number of carbonyl (C=O) groups excluding carboxylic acids is 1. The third kappa shape index (κ3) is 1.91. The van der Waals surface area contributed by atoms with E-state index < -0.39 is 10.8 Å². The van der Waals surface area contributed by atoms with Crippen LogP contribution in [0.3, 0.4) is 0 Å². The van der Waals surface area contributed by atoms with Crippen molar-refractivity contribution in [1.82, 2.24) is 10.5 Å². The number of hydrogen-bond acceptors (Lipinski definition) is 5. The maximum Gasteiger partial charge on any atom is 0.293 e. The first-order valence-electron chi connectivity index (χ1n) is 4.72. The zero-order chi connectivity index (χ0) is 13.3. The molecule has 1 heterocycles. The van der Waals surface area contributed by atoms with Gasteiger partial charge in [-0.25, -0.2) is 10.5 Å². The van der Waals surface area contributed by atoms with Gasteiger partial charge in [0.05, 0.1) is 14.8 Å². The van der Waals surface area contributed by atoms with E-state index >= 15 is 0 Å². The van der Waals surface area contributed by atoms with Gasteiger partial charge in [0.25, 0.3) is 11.6 Å². The highest BCUT2D eigenvalue weighted by atomic mass is 79.9. The Kier molecular flexibility index (Phi) is 3.21. The number of rotatable bonds is 2. The van der Waals surface area contributed by atoms with E-state index in [2.05, 4.69) is 20.9 Å². The summed E-state index contributed by atoms with van der Waals surface area (Å²) in [5.74, 6) is -0.826. The second kappa shape index (κ2) is 4.67. The van der Waals surface area contributed by atoms with Gasteiger partial charge in [0, 0.05) is 17.6 Å². The molecule has 18 heavy (non-hydrogen) atoms. The molecule has 0 aliphatic carbocycles. The number of hydrogen-bond donors (Lipinski definition) is 2. The van der Waals surface area contributed by atoms with Crippen molar-refractivity contribution in [2.75, 3.05) is 0 Å². The number of nitrogens with one attached hydrogen (secondary N) is 1. The summed E-state index contributed by atoms with van der Waals surface area (Å²) >= 11 is 3.16. The van der Waals surface area contributed by atoms with Crippen LogP contribution in [-0.2, 0) is 0 Å². The molecule has 8 heteroatoms. The zero-order valence-electron chi connectivity index (χ0n) is 8.75. The Labute approximate surface area is 109 Å². The lowest BCUT2D eigenvalue weighted by atomic mass is 10.1. The molecule has 1 aromatic carbocycles. The van der Waals surface area contributed by atoms with Crippen LogP contribution in [-0.4, -0.2) is 21.0 Å². The molecule has 0 unspecified atom stereocenters. The van der Waals surface area contributed by atoms with Crippen molar-refractivity contribution < 1.29 is 14.9 Å². The van der Waals surface area contributed by atoms with Gasteiger partial charge >= 0.3 is 0 Å². The predicted molar refractivity (Wildman–Crippen MR) is 65.4 cm³/mol. The Bertz CT molecular complexity index is 659. The average Bonchev–Trinajstić information content (AvgIpc) is 2.37. The van der Waals surface area contributed by atoms with Gasteiger partial charge in [0.15, 0.2) is 0 Å². The number of nitrogens with zero attached hydrogens (tertiary/aromatic N) is 2. The number of pyridine rings is 1. The number of halogens is 1. The van der Waals surface area contributed by atoms with Crippen LogP contribution < -0.4 is 5.48 Å². The van der Waals surface area contributed by atoms with Gasteiger partial charge in [0.1, 0.15) is 5.69 Å². The lowest BCUT2D eigenvalue weighted by molar-refractivity contribution is -0.383. The molecule has 0 fully saturated rings. The Morgan fingerprint density at radius 3 is 2.83 bits per heavy atom. The largest absolute Gasteiger partial charge is 0.293 e. The number of nitro groups is 1. The van der Waals surface area contributed by atoms with Crippen LogP contribution in [0.15, 0.2) is 28.9 Å². The van der Waals surface area contributed by atoms with Crippen molar-refractivity contribution in [1.29, 1.82) is 0 Å². The number of non-ortho nitro benzene ring substituents is 1. The summed E-state index contributed by atoms with van der Waals surface area (Å²) in [4.78, 5) is 25.6. The maximum atomic E-state index is 11.4. The lowest BCUT2D eigenvalue weighted by Gasteiger charge is -2.06. The molecule has 2 rings (SSSR count). The third-order valence-electron chi connectivity index (χ3n) is 2.36. The zero-order valence-corrected chi connectivity index (χ0v) is 10.3. The summed E-state index contributed by atoms with van der Waals surface area (Å²) < 4.78 is 0.402. The van der Waals surface area contributed by atoms with Crippen LogP contribution >= 0.6 is 15.9 Å². The normalized spacial score (nSPS) is 10.3. The lowest BCUT2D eigenvalue weighted by Crippen LogP contribution is -2.20. The van der Waals surface area contributed by atoms with Crippen molar-refractivity contribution in [3.8, 4) is 0 Å². The van der Waals surface area contributed by atoms with E-state index in [1.807, 2.05) is 0 Å². The van der Waals surface area contributed by atoms with Gasteiger partial charge in [-0.15, -0.1) is 0 Å². The minimum atomic E-state index is -0.826. The van der Waals surface area contributed by atoms with Crippen molar-refractivity contribution in [2.45, 2.75) is 0 Å². The minimum absolute atomic E-state index is 0.0839. The van der Waals surface area contributed by atoms with E-state index in [1.54, 1.807) is 0 Å². The number of aromatic nitrogens is 1. The number of amides is 1. The molecule has 0 saturated heterocycles. The molecule has 92 valence electrons. The molecule has 1 amide bonds. The second-order valence-corrected chi connectivity index (χ2v) is 4.21. The average molecular weight is 312 g/mol. The fraction of sp³-hybridized carbons (Fsp3) is 0. The first-order valence-corrected chi connectivity index (χ1v) is 5.51. The summed E-state index contributed by atoms with van der Waals surface area (Å²) in [6.07, 6.45) is 1.28. The molecule has 0 saturated carbocycles. The standard InChI is InChI=1S/C10H6BrN3O4/c11-6-4-12-9(10(15)13-16)5-2-1-3-7(8(5)6)14(17)18/h1-4,16H,(H,13,15). The monoisotopic (exact) mass is 311 g/mol. The Morgan fingerprint density at radius 1 is 1.50 bits per heavy atom. The summed E-state index contributed by atoms with van der Waals surface area (Å²) in [5.41, 5.74) is 1.23. The van der Waals surface area contributed by atoms with Crippen LogP contribution in [0, 0.1) is 10.1 Å². The van der Waals surface area contributed by atoms with Gasteiger partial charge < -0.3 is 0 Å². The number of carbonyl (C=O) groups is 1. The summed E-state index contributed by atoms with van der Waals surface area (Å²) in [6, 6.07) is 4.29. The number of hydroxylamine groups is 1. The fourth-order valence-corrected chi connectivity index (χ4v) is 2.15. The highest BCUT2D eigenvalue weighted by molar-refractivity contribution is 9.10. The van der Waals surface area contributed by atoms with Crippen LogP contribution in [0.2, 0.25) is 0 Å². The van der Waals surface area contributed by atoms with E-state index in [0.717, 1.165) is 0 Å². The second-order valence-electron chi connectivity index (χ2n) is 3.35. The smallest absolute Gasteiger partial charge is 0.288 e. The SMILES string of the molecule is O=C(NO)c1ncc(Br)c2c([N+](=O)[O-])cccc12. The van der Waals surface area contributed by atoms with Gasteiger partial charge in [-0.2, -0.15) is 0 Å². The molecule has 0 radical (unpaired) electrons. The van der Waals surface area contributed by atoms with E-state index in [-0.39, 0.29) is 22.2 Å². The highest BCUT2D eigenvalue weighted by Gasteiger charge is 2.19. The molecule has 0 spiro atoms. The van der Waals surface area contributed by atoms with Crippen LogP contribution in [0.25, 0.3) is 10.8 Å². The molecule has 2 aromatic rings. The molecular weight excluding hydrogens is 306 g/mol. The molecular formula is C10H6BrN3O4. The van der Waals surface area contributed by atoms with Crippen molar-refractivity contribution in [2.24, 2.45) is 0 Å². The fourth-order valence-electron chi connectivity index (χ4n) is 1.63.